The molecule has 0 heterocycles. The van der Waals surface area contributed by atoms with Crippen molar-refractivity contribution < 1.29 is 34.5 Å². The summed E-state index contributed by atoms with van der Waals surface area (Å²) in [5, 5.41) is 27.1. The maximum absolute atomic E-state index is 11.9. The molecule has 0 aromatic rings. The van der Waals surface area contributed by atoms with Gasteiger partial charge in [0.2, 0.25) is 0 Å². The van der Waals surface area contributed by atoms with E-state index in [-0.39, 0.29) is 12.2 Å². The number of carboxylic acid groups (broad SMARTS) is 3. The number of hydrogen-bond acceptors (Lipinski definition) is 7. The quantitative estimate of drug-likeness (QED) is 0.149. The minimum absolute atomic E-state index is 0.138. The molecule has 3 N–H and O–H groups in total. The Morgan fingerprint density at radius 3 is 1.66 bits per heavy atom. The van der Waals surface area contributed by atoms with Gasteiger partial charge < -0.3 is 15.3 Å². The Kier molecular flexibility index (Phi) is 15.8. The first-order chi connectivity index (χ1) is 13.7. The standard InChI is InChI=1S/C19H33NO7S2/c21-15(8-5-4-6-14(12-28)13-29)7-2-1-3-9-16(19(26)27)20(10-17(22)23)11-18(24)25/h14,16,28-29H,1-13H2,(H,22,23)(H,24,25)(H,26,27). The molecule has 0 fully saturated rings. The van der Waals surface area contributed by atoms with Crippen molar-refractivity contribution in [2.75, 3.05) is 24.6 Å². The summed E-state index contributed by atoms with van der Waals surface area (Å²) in [6, 6.07) is -1.18. The molecular formula is C19H33NO7S2. The van der Waals surface area contributed by atoms with Crippen LogP contribution in [0.1, 0.15) is 57.8 Å². The fourth-order valence-corrected chi connectivity index (χ4v) is 3.87. The third kappa shape index (κ3) is 14.4. The van der Waals surface area contributed by atoms with Gasteiger partial charge in [-0.25, -0.2) is 0 Å². The highest BCUT2D eigenvalue weighted by Gasteiger charge is 2.28. The Hall–Kier alpha value is -1.26. The van der Waals surface area contributed by atoms with E-state index in [0.29, 0.717) is 38.0 Å². The van der Waals surface area contributed by atoms with Gasteiger partial charge in [-0.15, -0.1) is 0 Å². The van der Waals surface area contributed by atoms with Crippen LogP contribution in [0.5, 0.6) is 0 Å². The zero-order valence-corrected chi connectivity index (χ0v) is 18.5. The fraction of sp³-hybridized carbons (Fsp3) is 0.789. The molecule has 1 atom stereocenters. The number of rotatable bonds is 19. The number of carboxylic acids is 3. The monoisotopic (exact) mass is 451 g/mol. The molecule has 168 valence electrons. The first-order valence-electron chi connectivity index (χ1n) is 9.85. The Balaban J connectivity index is 4.17. The average Bonchev–Trinajstić information content (AvgIpc) is 2.63. The highest BCUT2D eigenvalue weighted by molar-refractivity contribution is 7.81. The van der Waals surface area contributed by atoms with Gasteiger partial charge in [0.1, 0.15) is 11.8 Å². The molecule has 0 bridgehead atoms. The molecule has 10 heteroatoms. The molecule has 1 unspecified atom stereocenters. The van der Waals surface area contributed by atoms with Crippen LogP contribution in [0.3, 0.4) is 0 Å². The molecular weight excluding hydrogens is 418 g/mol. The van der Waals surface area contributed by atoms with E-state index in [1.165, 1.54) is 0 Å². The van der Waals surface area contributed by atoms with E-state index >= 15 is 0 Å². The highest BCUT2D eigenvalue weighted by Crippen LogP contribution is 2.15. The van der Waals surface area contributed by atoms with Gasteiger partial charge in [-0.05, 0) is 43.1 Å². The van der Waals surface area contributed by atoms with E-state index in [4.69, 9.17) is 10.2 Å². The predicted octanol–water partition coefficient (Wildman–Crippen LogP) is 2.47. The zero-order valence-electron chi connectivity index (χ0n) is 16.7. The van der Waals surface area contributed by atoms with E-state index in [2.05, 4.69) is 25.3 Å². The minimum atomic E-state index is -1.28. The number of nitrogens with zero attached hydrogens (tertiary/aromatic N) is 1. The van der Waals surface area contributed by atoms with E-state index in [1.807, 2.05) is 0 Å². The van der Waals surface area contributed by atoms with Gasteiger partial charge in [0.15, 0.2) is 0 Å². The van der Waals surface area contributed by atoms with Crippen LogP contribution < -0.4 is 0 Å². The second kappa shape index (κ2) is 16.5. The fourth-order valence-electron chi connectivity index (χ4n) is 3.04. The Morgan fingerprint density at radius 2 is 1.21 bits per heavy atom. The zero-order chi connectivity index (χ0) is 22.2. The summed E-state index contributed by atoms with van der Waals surface area (Å²) in [5.41, 5.74) is 0. The van der Waals surface area contributed by atoms with Gasteiger partial charge in [-0.3, -0.25) is 24.1 Å². The van der Waals surface area contributed by atoms with Crippen molar-refractivity contribution in [2.24, 2.45) is 5.92 Å². The maximum Gasteiger partial charge on any atom is 0.320 e. The number of aliphatic carboxylic acids is 3. The Bertz CT molecular complexity index is 511. The van der Waals surface area contributed by atoms with Crippen LogP contribution in [-0.2, 0) is 19.2 Å². The number of thiol groups is 2. The Labute approximate surface area is 182 Å². The van der Waals surface area contributed by atoms with E-state index in [1.54, 1.807) is 0 Å². The lowest BCUT2D eigenvalue weighted by atomic mass is 10.0. The molecule has 0 spiro atoms. The molecule has 0 aromatic carbocycles. The minimum Gasteiger partial charge on any atom is -0.480 e. The number of carbonyl (C=O) groups excluding carboxylic acids is 1. The molecule has 0 saturated heterocycles. The van der Waals surface area contributed by atoms with Gasteiger partial charge in [-0.2, -0.15) is 25.3 Å². The first-order valence-corrected chi connectivity index (χ1v) is 11.1. The van der Waals surface area contributed by atoms with Crippen molar-refractivity contribution in [1.82, 2.24) is 4.90 Å². The molecule has 8 nitrogen and oxygen atoms in total. The summed E-state index contributed by atoms with van der Waals surface area (Å²) in [6.07, 6.45) is 5.69. The van der Waals surface area contributed by atoms with Crippen molar-refractivity contribution in [2.45, 2.75) is 63.8 Å². The van der Waals surface area contributed by atoms with E-state index in [0.717, 1.165) is 35.7 Å². The lowest BCUT2D eigenvalue weighted by Gasteiger charge is -2.25. The summed E-state index contributed by atoms with van der Waals surface area (Å²) in [5.74, 6) is -1.55. The summed E-state index contributed by atoms with van der Waals surface area (Å²) < 4.78 is 0. The van der Waals surface area contributed by atoms with Gasteiger partial charge in [0, 0.05) is 12.8 Å². The molecule has 0 amide bonds. The number of carbonyl (C=O) groups is 4. The average molecular weight is 452 g/mol. The van der Waals surface area contributed by atoms with Crippen molar-refractivity contribution >= 4 is 48.9 Å². The lowest BCUT2D eigenvalue weighted by molar-refractivity contribution is -0.149. The molecule has 0 saturated carbocycles. The van der Waals surface area contributed by atoms with Gasteiger partial charge >= 0.3 is 17.9 Å². The summed E-state index contributed by atoms with van der Waals surface area (Å²) in [7, 11) is 0. The van der Waals surface area contributed by atoms with Crippen LogP contribution >= 0.6 is 25.3 Å². The lowest BCUT2D eigenvalue weighted by Crippen LogP contribution is -2.46. The van der Waals surface area contributed by atoms with Crippen molar-refractivity contribution in [3.8, 4) is 0 Å². The largest absolute Gasteiger partial charge is 0.480 e. The highest BCUT2D eigenvalue weighted by atomic mass is 32.1. The topological polar surface area (TPSA) is 132 Å². The van der Waals surface area contributed by atoms with Crippen LogP contribution in [0.4, 0.5) is 0 Å². The van der Waals surface area contributed by atoms with Gasteiger partial charge in [-0.1, -0.05) is 19.3 Å². The van der Waals surface area contributed by atoms with Crippen molar-refractivity contribution in [3.63, 3.8) is 0 Å². The molecule has 29 heavy (non-hydrogen) atoms. The van der Waals surface area contributed by atoms with Crippen LogP contribution in [0, 0.1) is 5.92 Å². The number of hydrogen-bond donors (Lipinski definition) is 5. The smallest absolute Gasteiger partial charge is 0.320 e. The second-order valence-electron chi connectivity index (χ2n) is 7.16. The van der Waals surface area contributed by atoms with Crippen LogP contribution in [0.25, 0.3) is 0 Å². The third-order valence-corrected chi connectivity index (χ3v) is 5.70. The first kappa shape index (κ1) is 27.7. The van der Waals surface area contributed by atoms with Crippen LogP contribution in [-0.4, -0.2) is 74.5 Å². The van der Waals surface area contributed by atoms with E-state index in [9.17, 15) is 24.3 Å². The predicted molar refractivity (Wildman–Crippen MR) is 116 cm³/mol. The molecule has 0 rings (SSSR count). The number of ketones is 1. The van der Waals surface area contributed by atoms with Crippen LogP contribution in [0.15, 0.2) is 0 Å². The van der Waals surface area contributed by atoms with Crippen molar-refractivity contribution in [3.05, 3.63) is 0 Å². The Morgan fingerprint density at radius 1 is 0.724 bits per heavy atom. The van der Waals surface area contributed by atoms with Gasteiger partial charge in [0.25, 0.3) is 0 Å². The SMILES string of the molecule is O=C(O)CN(CC(=O)O)C(CCCCCC(=O)CCCCC(CS)CS)C(=O)O. The van der Waals surface area contributed by atoms with Gasteiger partial charge in [0.05, 0.1) is 13.1 Å². The second-order valence-corrected chi connectivity index (χ2v) is 7.89. The molecule has 0 aliphatic rings. The summed E-state index contributed by atoms with van der Waals surface area (Å²) in [4.78, 5) is 46.0. The molecule has 0 aliphatic heterocycles. The van der Waals surface area contributed by atoms with Crippen molar-refractivity contribution in [1.29, 1.82) is 0 Å². The molecule has 0 radical (unpaired) electrons. The summed E-state index contributed by atoms with van der Waals surface area (Å²) >= 11 is 8.52. The molecule has 0 aliphatic carbocycles. The normalized spacial score (nSPS) is 12.3. The summed E-state index contributed by atoms with van der Waals surface area (Å²) in [6.45, 7) is -1.30. The van der Waals surface area contributed by atoms with E-state index < -0.39 is 37.0 Å². The third-order valence-electron chi connectivity index (χ3n) is 4.67. The maximum atomic E-state index is 11.9. The molecule has 0 aromatic heterocycles. The number of unbranched alkanes of at least 4 members (excludes halogenated alkanes) is 3. The van der Waals surface area contributed by atoms with Crippen LogP contribution in [0.2, 0.25) is 0 Å². The number of Topliss-reactive ketones (excluding diaryl/α,β-unsaturated/α-hetero) is 1.